The SMILES string of the molecule is COc1ccc(C(=O)N2CC(Cn3nc(C)ccc3=O)C2)cc1. The number of aryl methyl sites for hydroxylation is 1. The maximum Gasteiger partial charge on any atom is 0.266 e. The standard InChI is InChI=1S/C17H19N3O3/c1-12-3-8-16(21)20(18-12)11-13-9-19(10-13)17(22)14-4-6-15(23-2)7-5-14/h3-8,13H,9-11H2,1-2H3. The summed E-state index contributed by atoms with van der Waals surface area (Å²) in [6.07, 6.45) is 0. The van der Waals surface area contributed by atoms with E-state index in [2.05, 4.69) is 5.10 Å². The van der Waals surface area contributed by atoms with Crippen LogP contribution in [0.2, 0.25) is 0 Å². The lowest BCUT2D eigenvalue weighted by Crippen LogP contribution is -2.52. The summed E-state index contributed by atoms with van der Waals surface area (Å²) in [6.45, 7) is 3.70. The van der Waals surface area contributed by atoms with Crippen LogP contribution in [0.1, 0.15) is 16.1 Å². The fraction of sp³-hybridized carbons (Fsp3) is 0.353. The Hall–Kier alpha value is -2.63. The average Bonchev–Trinajstić information content (AvgIpc) is 2.53. The Kier molecular flexibility index (Phi) is 4.14. The highest BCUT2D eigenvalue weighted by atomic mass is 16.5. The highest BCUT2D eigenvalue weighted by molar-refractivity contribution is 5.94. The first-order valence-corrected chi connectivity index (χ1v) is 7.55. The molecule has 1 aliphatic heterocycles. The number of methoxy groups -OCH3 is 1. The lowest BCUT2D eigenvalue weighted by Gasteiger charge is -2.39. The Labute approximate surface area is 134 Å². The number of nitrogens with zero attached hydrogens (tertiary/aromatic N) is 3. The monoisotopic (exact) mass is 313 g/mol. The van der Waals surface area contributed by atoms with Gasteiger partial charge in [0.15, 0.2) is 0 Å². The molecule has 1 aromatic carbocycles. The van der Waals surface area contributed by atoms with Crippen molar-refractivity contribution in [3.63, 3.8) is 0 Å². The Bertz CT molecular complexity index is 761. The summed E-state index contributed by atoms with van der Waals surface area (Å²) < 4.78 is 6.57. The number of rotatable bonds is 4. The molecule has 0 spiro atoms. The second-order valence-electron chi connectivity index (χ2n) is 5.80. The van der Waals surface area contributed by atoms with Crippen molar-refractivity contribution in [3.05, 3.63) is 58.0 Å². The molecule has 0 atom stereocenters. The van der Waals surface area contributed by atoms with Gasteiger partial charge in [-0.05, 0) is 37.3 Å². The first-order valence-electron chi connectivity index (χ1n) is 7.55. The van der Waals surface area contributed by atoms with Crippen LogP contribution in [0.3, 0.4) is 0 Å². The summed E-state index contributed by atoms with van der Waals surface area (Å²) in [5.74, 6) is 1.01. The number of carbonyl (C=O) groups excluding carboxylic acids is 1. The van der Waals surface area contributed by atoms with Crippen molar-refractivity contribution < 1.29 is 9.53 Å². The van der Waals surface area contributed by atoms with E-state index in [0.717, 1.165) is 11.4 Å². The third-order valence-corrected chi connectivity index (χ3v) is 4.01. The molecule has 2 aromatic rings. The van der Waals surface area contributed by atoms with Gasteiger partial charge in [-0.15, -0.1) is 0 Å². The van der Waals surface area contributed by atoms with Gasteiger partial charge in [-0.1, -0.05) is 0 Å². The van der Waals surface area contributed by atoms with Crippen LogP contribution in [0, 0.1) is 12.8 Å². The average molecular weight is 313 g/mol. The molecule has 1 saturated heterocycles. The Balaban J connectivity index is 1.58. The van der Waals surface area contributed by atoms with E-state index >= 15 is 0 Å². The molecule has 2 heterocycles. The summed E-state index contributed by atoms with van der Waals surface area (Å²) in [5, 5.41) is 4.23. The molecule has 0 radical (unpaired) electrons. The quantitative estimate of drug-likeness (QED) is 0.854. The molecule has 0 saturated carbocycles. The number of amides is 1. The summed E-state index contributed by atoms with van der Waals surface area (Å²) in [5.41, 5.74) is 1.36. The Morgan fingerprint density at radius 1 is 1.22 bits per heavy atom. The molecule has 1 fully saturated rings. The highest BCUT2D eigenvalue weighted by Crippen LogP contribution is 2.21. The summed E-state index contributed by atoms with van der Waals surface area (Å²) in [4.78, 5) is 25.9. The molecule has 1 aliphatic rings. The van der Waals surface area contributed by atoms with Crippen LogP contribution in [0.15, 0.2) is 41.2 Å². The molecule has 23 heavy (non-hydrogen) atoms. The molecule has 0 N–H and O–H groups in total. The van der Waals surface area contributed by atoms with Crippen molar-refractivity contribution >= 4 is 5.91 Å². The van der Waals surface area contributed by atoms with E-state index in [1.807, 2.05) is 6.92 Å². The van der Waals surface area contributed by atoms with Gasteiger partial charge in [-0.3, -0.25) is 9.59 Å². The summed E-state index contributed by atoms with van der Waals surface area (Å²) >= 11 is 0. The molecular formula is C17H19N3O3. The predicted octanol–water partition coefficient (Wildman–Crippen LogP) is 1.33. The van der Waals surface area contributed by atoms with Crippen molar-refractivity contribution in [1.29, 1.82) is 0 Å². The smallest absolute Gasteiger partial charge is 0.266 e. The van der Waals surface area contributed by atoms with Gasteiger partial charge in [-0.2, -0.15) is 5.10 Å². The molecular weight excluding hydrogens is 294 g/mol. The molecule has 0 unspecified atom stereocenters. The van der Waals surface area contributed by atoms with Crippen molar-refractivity contribution in [2.24, 2.45) is 5.92 Å². The van der Waals surface area contributed by atoms with Gasteiger partial charge < -0.3 is 9.64 Å². The lowest BCUT2D eigenvalue weighted by atomic mass is 9.99. The zero-order valence-electron chi connectivity index (χ0n) is 13.2. The number of aromatic nitrogens is 2. The topological polar surface area (TPSA) is 64.4 Å². The van der Waals surface area contributed by atoms with Crippen LogP contribution in [-0.2, 0) is 6.54 Å². The largest absolute Gasteiger partial charge is 0.497 e. The van der Waals surface area contributed by atoms with Crippen molar-refractivity contribution in [3.8, 4) is 5.75 Å². The Morgan fingerprint density at radius 2 is 1.91 bits per heavy atom. The van der Waals surface area contributed by atoms with Crippen LogP contribution >= 0.6 is 0 Å². The zero-order chi connectivity index (χ0) is 16.4. The van der Waals surface area contributed by atoms with E-state index in [-0.39, 0.29) is 17.4 Å². The van der Waals surface area contributed by atoms with E-state index < -0.39 is 0 Å². The Morgan fingerprint density at radius 3 is 2.57 bits per heavy atom. The molecule has 120 valence electrons. The fourth-order valence-electron chi connectivity index (χ4n) is 2.69. The number of likely N-dealkylation sites (tertiary alicyclic amines) is 1. The van der Waals surface area contributed by atoms with Crippen LogP contribution in [-0.4, -0.2) is 40.8 Å². The van der Waals surface area contributed by atoms with Gasteiger partial charge in [-0.25, -0.2) is 4.68 Å². The predicted molar refractivity (Wildman–Crippen MR) is 85.6 cm³/mol. The minimum absolute atomic E-state index is 0.00783. The van der Waals surface area contributed by atoms with Crippen LogP contribution in [0.25, 0.3) is 0 Å². The van der Waals surface area contributed by atoms with E-state index in [1.54, 1.807) is 42.3 Å². The maximum atomic E-state index is 12.3. The van der Waals surface area contributed by atoms with Gasteiger partial charge in [0.2, 0.25) is 0 Å². The van der Waals surface area contributed by atoms with Crippen molar-refractivity contribution in [2.45, 2.75) is 13.5 Å². The molecule has 1 aromatic heterocycles. The second-order valence-corrected chi connectivity index (χ2v) is 5.80. The second kappa shape index (κ2) is 6.24. The third-order valence-electron chi connectivity index (χ3n) is 4.01. The van der Waals surface area contributed by atoms with E-state index in [0.29, 0.717) is 25.2 Å². The zero-order valence-corrected chi connectivity index (χ0v) is 13.2. The third kappa shape index (κ3) is 3.26. The van der Waals surface area contributed by atoms with Gasteiger partial charge in [0, 0.05) is 30.6 Å². The van der Waals surface area contributed by atoms with Gasteiger partial charge >= 0.3 is 0 Å². The number of hydrogen-bond acceptors (Lipinski definition) is 4. The molecule has 6 nitrogen and oxygen atoms in total. The molecule has 0 bridgehead atoms. The van der Waals surface area contributed by atoms with Crippen molar-refractivity contribution in [1.82, 2.24) is 14.7 Å². The minimum atomic E-state index is -0.101. The number of ether oxygens (including phenoxy) is 1. The lowest BCUT2D eigenvalue weighted by molar-refractivity contribution is 0.0458. The van der Waals surface area contributed by atoms with Gasteiger partial charge in [0.05, 0.1) is 19.3 Å². The van der Waals surface area contributed by atoms with Gasteiger partial charge in [0.25, 0.3) is 11.5 Å². The molecule has 1 amide bonds. The van der Waals surface area contributed by atoms with E-state index in [4.69, 9.17) is 4.74 Å². The van der Waals surface area contributed by atoms with Gasteiger partial charge in [0.1, 0.15) is 5.75 Å². The normalized spacial score (nSPS) is 14.4. The van der Waals surface area contributed by atoms with Crippen LogP contribution < -0.4 is 10.3 Å². The van der Waals surface area contributed by atoms with Crippen LogP contribution in [0.5, 0.6) is 5.75 Å². The summed E-state index contributed by atoms with van der Waals surface area (Å²) in [6, 6.07) is 10.3. The molecule has 6 heteroatoms. The summed E-state index contributed by atoms with van der Waals surface area (Å²) in [7, 11) is 1.60. The first-order chi connectivity index (χ1) is 11.1. The highest BCUT2D eigenvalue weighted by Gasteiger charge is 2.31. The fourth-order valence-corrected chi connectivity index (χ4v) is 2.69. The maximum absolute atomic E-state index is 12.3. The number of benzene rings is 1. The number of carbonyl (C=O) groups is 1. The van der Waals surface area contributed by atoms with E-state index in [1.165, 1.54) is 10.7 Å². The van der Waals surface area contributed by atoms with E-state index in [9.17, 15) is 9.59 Å². The number of hydrogen-bond donors (Lipinski definition) is 0. The molecule has 0 aliphatic carbocycles. The van der Waals surface area contributed by atoms with Crippen LogP contribution in [0.4, 0.5) is 0 Å². The first kappa shape index (κ1) is 15.3. The molecule has 3 rings (SSSR count). The van der Waals surface area contributed by atoms with Crippen molar-refractivity contribution in [2.75, 3.05) is 20.2 Å². The minimum Gasteiger partial charge on any atom is -0.497 e.